The SMILES string of the molecule is Nc1ncc(-c2cccc(C(=O)NCc3cccc(-c4ccccc4)c3)c2)nc1C(=O)N[C@H]1CCCNC1. The molecule has 0 aliphatic carbocycles. The van der Waals surface area contributed by atoms with E-state index in [9.17, 15) is 9.59 Å². The third-order valence-electron chi connectivity index (χ3n) is 6.56. The number of amides is 2. The van der Waals surface area contributed by atoms with Crippen LogP contribution in [0.5, 0.6) is 0 Å². The quantitative estimate of drug-likeness (QED) is 0.302. The van der Waals surface area contributed by atoms with E-state index in [0.29, 0.717) is 29.9 Å². The van der Waals surface area contributed by atoms with Crippen molar-refractivity contribution >= 4 is 17.6 Å². The van der Waals surface area contributed by atoms with E-state index in [1.807, 2.05) is 36.4 Å². The largest absolute Gasteiger partial charge is 0.382 e. The molecule has 0 saturated carbocycles. The second-order valence-corrected chi connectivity index (χ2v) is 9.34. The molecular weight excluding hydrogens is 476 g/mol. The number of anilines is 1. The van der Waals surface area contributed by atoms with E-state index in [1.165, 1.54) is 6.20 Å². The number of nitrogen functional groups attached to an aromatic ring is 1. The van der Waals surface area contributed by atoms with Gasteiger partial charge in [0.15, 0.2) is 11.5 Å². The summed E-state index contributed by atoms with van der Waals surface area (Å²) in [7, 11) is 0. The number of benzene rings is 3. The fraction of sp³-hybridized carbons (Fsp3) is 0.200. The Kier molecular flexibility index (Phi) is 7.70. The average molecular weight is 507 g/mol. The van der Waals surface area contributed by atoms with Gasteiger partial charge in [0.2, 0.25) is 0 Å². The van der Waals surface area contributed by atoms with E-state index in [4.69, 9.17) is 5.73 Å². The van der Waals surface area contributed by atoms with Gasteiger partial charge in [0.1, 0.15) is 0 Å². The Balaban J connectivity index is 1.28. The molecule has 8 nitrogen and oxygen atoms in total. The molecule has 0 bridgehead atoms. The third-order valence-corrected chi connectivity index (χ3v) is 6.56. The van der Waals surface area contributed by atoms with Crippen LogP contribution in [0.15, 0.2) is 85.1 Å². The molecule has 1 aliphatic rings. The second-order valence-electron chi connectivity index (χ2n) is 9.34. The summed E-state index contributed by atoms with van der Waals surface area (Å²) in [6.07, 6.45) is 3.42. The van der Waals surface area contributed by atoms with Gasteiger partial charge in [-0.1, -0.05) is 60.7 Å². The molecule has 3 aromatic carbocycles. The van der Waals surface area contributed by atoms with Crippen LogP contribution in [0.3, 0.4) is 0 Å². The molecule has 38 heavy (non-hydrogen) atoms. The van der Waals surface area contributed by atoms with Crippen LogP contribution in [-0.2, 0) is 6.54 Å². The molecular formula is C30H30N6O2. The lowest BCUT2D eigenvalue weighted by Crippen LogP contribution is -2.46. The molecule has 1 fully saturated rings. The highest BCUT2D eigenvalue weighted by atomic mass is 16.2. The fourth-order valence-electron chi connectivity index (χ4n) is 4.53. The van der Waals surface area contributed by atoms with Crippen molar-refractivity contribution in [1.82, 2.24) is 25.9 Å². The fourth-order valence-corrected chi connectivity index (χ4v) is 4.53. The first-order valence-electron chi connectivity index (χ1n) is 12.7. The molecule has 4 aromatic rings. The molecule has 0 radical (unpaired) electrons. The minimum absolute atomic E-state index is 0.0292. The molecule has 5 rings (SSSR count). The van der Waals surface area contributed by atoms with Gasteiger partial charge in [-0.25, -0.2) is 9.97 Å². The number of hydrogen-bond acceptors (Lipinski definition) is 6. The first kappa shape index (κ1) is 25.1. The van der Waals surface area contributed by atoms with E-state index >= 15 is 0 Å². The maximum Gasteiger partial charge on any atom is 0.274 e. The summed E-state index contributed by atoms with van der Waals surface area (Å²) < 4.78 is 0. The van der Waals surface area contributed by atoms with Crippen LogP contribution in [0, 0.1) is 0 Å². The van der Waals surface area contributed by atoms with Crippen LogP contribution >= 0.6 is 0 Å². The summed E-state index contributed by atoms with van der Waals surface area (Å²) in [6, 6.07) is 25.4. The van der Waals surface area contributed by atoms with Gasteiger partial charge in [-0.15, -0.1) is 0 Å². The minimum Gasteiger partial charge on any atom is -0.382 e. The zero-order valence-corrected chi connectivity index (χ0v) is 21.0. The number of nitrogens with one attached hydrogen (secondary N) is 3. The highest BCUT2D eigenvalue weighted by molar-refractivity contribution is 5.97. The predicted octanol–water partition coefficient (Wildman–Crippen LogP) is 3.80. The third kappa shape index (κ3) is 6.04. The van der Waals surface area contributed by atoms with Crippen molar-refractivity contribution in [2.24, 2.45) is 0 Å². The number of hydrogen-bond donors (Lipinski definition) is 4. The van der Waals surface area contributed by atoms with E-state index in [2.05, 4.69) is 50.2 Å². The zero-order chi connectivity index (χ0) is 26.3. The van der Waals surface area contributed by atoms with Gasteiger partial charge in [-0.3, -0.25) is 9.59 Å². The Morgan fingerprint density at radius 2 is 1.71 bits per heavy atom. The highest BCUT2D eigenvalue weighted by Crippen LogP contribution is 2.22. The number of carbonyl (C=O) groups excluding carboxylic acids is 2. The van der Waals surface area contributed by atoms with E-state index in [1.54, 1.807) is 18.2 Å². The molecule has 0 spiro atoms. The smallest absolute Gasteiger partial charge is 0.274 e. The molecule has 1 saturated heterocycles. The number of aromatic nitrogens is 2. The summed E-state index contributed by atoms with van der Waals surface area (Å²) in [5, 5.41) is 9.25. The number of nitrogens with two attached hydrogens (primary N) is 1. The van der Waals surface area contributed by atoms with Gasteiger partial charge >= 0.3 is 0 Å². The van der Waals surface area contributed by atoms with Crippen LogP contribution in [0.1, 0.15) is 39.3 Å². The van der Waals surface area contributed by atoms with Gasteiger partial charge in [0.25, 0.3) is 11.8 Å². The molecule has 1 aromatic heterocycles. The van der Waals surface area contributed by atoms with Crippen LogP contribution in [0.4, 0.5) is 5.82 Å². The zero-order valence-electron chi connectivity index (χ0n) is 21.0. The Bertz CT molecular complexity index is 1430. The lowest BCUT2D eigenvalue weighted by atomic mass is 10.0. The van der Waals surface area contributed by atoms with Gasteiger partial charge in [0, 0.05) is 30.3 Å². The van der Waals surface area contributed by atoms with Crippen LogP contribution in [-0.4, -0.2) is 40.9 Å². The first-order valence-corrected chi connectivity index (χ1v) is 12.7. The number of piperidine rings is 1. The Morgan fingerprint density at radius 3 is 2.53 bits per heavy atom. The van der Waals surface area contributed by atoms with Crippen molar-refractivity contribution in [3.8, 4) is 22.4 Å². The van der Waals surface area contributed by atoms with E-state index < -0.39 is 0 Å². The van der Waals surface area contributed by atoms with Crippen molar-refractivity contribution in [3.05, 3.63) is 102 Å². The molecule has 8 heteroatoms. The monoisotopic (exact) mass is 506 g/mol. The van der Waals surface area contributed by atoms with Gasteiger partial charge in [-0.2, -0.15) is 0 Å². The van der Waals surface area contributed by atoms with Crippen LogP contribution < -0.4 is 21.7 Å². The van der Waals surface area contributed by atoms with E-state index in [-0.39, 0.29) is 29.4 Å². The number of carbonyl (C=O) groups is 2. The van der Waals surface area contributed by atoms with Gasteiger partial charge < -0.3 is 21.7 Å². The number of rotatable bonds is 7. The minimum atomic E-state index is -0.350. The molecule has 5 N–H and O–H groups in total. The predicted molar refractivity (Wildman–Crippen MR) is 148 cm³/mol. The normalized spacial score (nSPS) is 15.0. The molecule has 1 aliphatic heterocycles. The highest BCUT2D eigenvalue weighted by Gasteiger charge is 2.20. The second kappa shape index (κ2) is 11.7. The van der Waals surface area contributed by atoms with Gasteiger partial charge in [0.05, 0.1) is 11.9 Å². The summed E-state index contributed by atoms with van der Waals surface area (Å²) >= 11 is 0. The van der Waals surface area contributed by atoms with E-state index in [0.717, 1.165) is 36.1 Å². The van der Waals surface area contributed by atoms with Crippen molar-refractivity contribution in [2.45, 2.75) is 25.4 Å². The molecule has 2 amide bonds. The average Bonchev–Trinajstić information content (AvgIpc) is 2.97. The Hall–Kier alpha value is -4.56. The Morgan fingerprint density at radius 1 is 0.921 bits per heavy atom. The van der Waals surface area contributed by atoms with Crippen molar-refractivity contribution in [3.63, 3.8) is 0 Å². The molecule has 192 valence electrons. The summed E-state index contributed by atoms with van der Waals surface area (Å²) in [5.41, 5.74) is 10.9. The van der Waals surface area contributed by atoms with Crippen molar-refractivity contribution in [2.75, 3.05) is 18.8 Å². The van der Waals surface area contributed by atoms with Crippen molar-refractivity contribution in [1.29, 1.82) is 0 Å². The summed E-state index contributed by atoms with van der Waals surface area (Å²) in [4.78, 5) is 34.5. The lowest BCUT2D eigenvalue weighted by Gasteiger charge is -2.23. The lowest BCUT2D eigenvalue weighted by molar-refractivity contribution is 0.0923. The first-order chi connectivity index (χ1) is 18.6. The molecule has 1 atom stereocenters. The summed E-state index contributed by atoms with van der Waals surface area (Å²) in [6.45, 7) is 2.06. The van der Waals surface area contributed by atoms with Gasteiger partial charge in [-0.05, 0) is 54.3 Å². The molecule has 2 heterocycles. The van der Waals surface area contributed by atoms with Crippen molar-refractivity contribution < 1.29 is 9.59 Å². The van der Waals surface area contributed by atoms with Crippen LogP contribution in [0.25, 0.3) is 22.4 Å². The topological polar surface area (TPSA) is 122 Å². The molecule has 0 unspecified atom stereocenters. The maximum atomic E-state index is 13.0. The standard InChI is InChI=1S/C30H30N6O2/c31-28-27(30(38)35-25-13-6-14-32-18-25)36-26(19-33-28)23-11-5-12-24(16-23)29(37)34-17-20-7-4-10-22(15-20)21-8-2-1-3-9-21/h1-5,7-12,15-16,19,25,32H,6,13-14,17-18H2,(H2,31,33)(H,34,37)(H,35,38)/t25-/m0/s1. The Labute approximate surface area is 221 Å². The summed E-state index contributed by atoms with van der Waals surface area (Å²) in [5.74, 6) is -0.484. The number of nitrogens with zero attached hydrogens (tertiary/aromatic N) is 2. The van der Waals surface area contributed by atoms with Crippen LogP contribution in [0.2, 0.25) is 0 Å². The maximum absolute atomic E-state index is 13.0.